The molecule has 0 radical (unpaired) electrons. The van der Waals surface area contributed by atoms with Gasteiger partial charge in [0.15, 0.2) is 27.4 Å². The molecule has 38 heavy (non-hydrogen) atoms. The molecule has 9 nitrogen and oxygen atoms in total. The summed E-state index contributed by atoms with van der Waals surface area (Å²) in [5.74, 6) is -1.62. The molecule has 1 amide bonds. The number of ether oxygens (including phenoxy) is 1. The minimum absolute atomic E-state index is 0.0386. The number of aliphatic hydroxyl groups excluding tert-OH is 1. The molecule has 1 aliphatic heterocycles. The lowest BCUT2D eigenvalue weighted by molar-refractivity contribution is -0.117. The standard InChI is InChI=1S/C26H20ClN3O6S2/c1-2-35-19-12-14(9-10-17(19)31)21-20(22(32)18-8-5-11-36-18)23(33)24(34)30(21)25-28-29-26(38-25)37-13-15-6-3-4-7-16(15)27/h3-12,21,31,33H,2,13H2,1H3. The van der Waals surface area contributed by atoms with E-state index in [4.69, 9.17) is 20.8 Å². The third-order valence-corrected chi connectivity index (χ3v) is 8.18. The van der Waals surface area contributed by atoms with Crippen LogP contribution < -0.4 is 9.64 Å². The Balaban J connectivity index is 1.53. The van der Waals surface area contributed by atoms with Crippen molar-refractivity contribution in [2.45, 2.75) is 23.1 Å². The number of phenols is 1. The van der Waals surface area contributed by atoms with Crippen molar-refractivity contribution in [2.24, 2.45) is 0 Å². The molecule has 0 aliphatic carbocycles. The molecule has 2 aromatic heterocycles. The Morgan fingerprint density at radius 3 is 2.74 bits per heavy atom. The largest absolute Gasteiger partial charge is 0.504 e. The Bertz CT molecular complexity index is 1540. The Morgan fingerprint density at radius 1 is 1.18 bits per heavy atom. The molecule has 3 heterocycles. The second kappa shape index (κ2) is 10.9. The highest BCUT2D eigenvalue weighted by Crippen LogP contribution is 2.45. The number of ketones is 1. The highest BCUT2D eigenvalue weighted by molar-refractivity contribution is 8.00. The summed E-state index contributed by atoms with van der Waals surface area (Å²) >= 11 is 8.79. The van der Waals surface area contributed by atoms with Gasteiger partial charge in [0, 0.05) is 10.8 Å². The Morgan fingerprint density at radius 2 is 2.00 bits per heavy atom. The van der Waals surface area contributed by atoms with Crippen molar-refractivity contribution in [2.75, 3.05) is 11.5 Å². The monoisotopic (exact) mass is 569 g/mol. The molecule has 0 saturated carbocycles. The summed E-state index contributed by atoms with van der Waals surface area (Å²) < 4.78 is 11.3. The van der Waals surface area contributed by atoms with Gasteiger partial charge in [0.05, 0.1) is 24.5 Å². The van der Waals surface area contributed by atoms with Crippen LogP contribution >= 0.6 is 34.7 Å². The van der Waals surface area contributed by atoms with Gasteiger partial charge in [0.1, 0.15) is 0 Å². The van der Waals surface area contributed by atoms with Gasteiger partial charge in [-0.15, -0.1) is 10.2 Å². The van der Waals surface area contributed by atoms with Crippen molar-refractivity contribution in [3.8, 4) is 11.5 Å². The normalized spacial score (nSPS) is 15.4. The number of thioether (sulfide) groups is 1. The van der Waals surface area contributed by atoms with E-state index in [2.05, 4.69) is 10.2 Å². The van der Waals surface area contributed by atoms with E-state index in [0.29, 0.717) is 20.7 Å². The van der Waals surface area contributed by atoms with Crippen LogP contribution in [0.2, 0.25) is 5.02 Å². The predicted molar refractivity (Wildman–Crippen MR) is 143 cm³/mol. The van der Waals surface area contributed by atoms with E-state index in [-0.39, 0.29) is 34.6 Å². The molecule has 194 valence electrons. The van der Waals surface area contributed by atoms with Crippen LogP contribution in [-0.2, 0) is 10.5 Å². The molecule has 4 aromatic rings. The van der Waals surface area contributed by atoms with Crippen molar-refractivity contribution in [1.82, 2.24) is 10.2 Å². The van der Waals surface area contributed by atoms with E-state index in [1.807, 2.05) is 18.2 Å². The highest BCUT2D eigenvalue weighted by Gasteiger charge is 2.47. The zero-order valence-corrected chi connectivity index (χ0v) is 22.2. The maximum absolute atomic E-state index is 13.4. The van der Waals surface area contributed by atoms with Crippen LogP contribution in [0, 0.1) is 0 Å². The number of nitrogens with zero attached hydrogens (tertiary/aromatic N) is 3. The van der Waals surface area contributed by atoms with Gasteiger partial charge in [0.2, 0.25) is 10.9 Å². The molecular formula is C26H20ClN3O6S2. The molecule has 0 saturated heterocycles. The summed E-state index contributed by atoms with van der Waals surface area (Å²) in [4.78, 5) is 27.9. The van der Waals surface area contributed by atoms with Gasteiger partial charge >= 0.3 is 0 Å². The second-order valence-corrected chi connectivity index (χ2v) is 10.6. The smallest absolute Gasteiger partial charge is 0.296 e. The Hall–Kier alpha value is -3.80. The summed E-state index contributed by atoms with van der Waals surface area (Å²) in [7, 11) is 0. The summed E-state index contributed by atoms with van der Waals surface area (Å²) in [6.45, 7) is 2.05. The number of carbonyl (C=O) groups excluding carboxylic acids is 2. The second-order valence-electron chi connectivity index (χ2n) is 8.04. The first-order valence-electron chi connectivity index (χ1n) is 11.4. The average molecular weight is 570 g/mol. The first-order chi connectivity index (χ1) is 18.4. The summed E-state index contributed by atoms with van der Waals surface area (Å²) in [6, 6.07) is 13.8. The number of amides is 1. The van der Waals surface area contributed by atoms with Gasteiger partial charge in [-0.25, -0.2) is 0 Å². The zero-order chi connectivity index (χ0) is 26.8. The number of Topliss-reactive ketones (excluding diaryl/α,β-unsaturated/α-hetero) is 1. The van der Waals surface area contributed by atoms with E-state index < -0.39 is 23.5 Å². The lowest BCUT2D eigenvalue weighted by atomic mass is 9.95. The molecule has 1 atom stereocenters. The summed E-state index contributed by atoms with van der Waals surface area (Å²) in [6.07, 6.45) is 1.33. The quantitative estimate of drug-likeness (QED) is 0.142. The van der Waals surface area contributed by atoms with E-state index in [1.54, 1.807) is 19.1 Å². The van der Waals surface area contributed by atoms with E-state index in [0.717, 1.165) is 16.9 Å². The minimum Gasteiger partial charge on any atom is -0.504 e. The number of aromatic nitrogens is 2. The fourth-order valence-corrected chi connectivity index (χ4v) is 6.13. The third-order valence-electron chi connectivity index (χ3n) is 5.71. The first-order valence-corrected chi connectivity index (χ1v) is 13.6. The van der Waals surface area contributed by atoms with Crippen LogP contribution in [0.1, 0.15) is 34.6 Å². The molecule has 0 fully saturated rings. The van der Waals surface area contributed by atoms with Crippen LogP contribution in [0.25, 0.3) is 0 Å². The molecule has 5 rings (SSSR count). The molecule has 0 bridgehead atoms. The molecule has 0 spiro atoms. The van der Waals surface area contributed by atoms with Gasteiger partial charge < -0.3 is 19.4 Å². The molecule has 1 unspecified atom stereocenters. The van der Waals surface area contributed by atoms with Gasteiger partial charge in [0.25, 0.3) is 5.91 Å². The SMILES string of the molecule is CCOc1cc(C2C(C(=O)c3ccco3)=C(O)C(=O)N2c2nnc(SCc3ccccc3Cl)s2)ccc1O. The number of anilines is 1. The number of benzene rings is 2. The highest BCUT2D eigenvalue weighted by atomic mass is 35.5. The molecular weight excluding hydrogens is 550 g/mol. The van der Waals surface area contributed by atoms with Crippen molar-refractivity contribution in [3.63, 3.8) is 0 Å². The van der Waals surface area contributed by atoms with E-state index in [9.17, 15) is 19.8 Å². The number of furan rings is 1. The van der Waals surface area contributed by atoms with Gasteiger partial charge in [-0.1, -0.05) is 59.0 Å². The van der Waals surface area contributed by atoms with Gasteiger partial charge in [-0.2, -0.15) is 0 Å². The van der Waals surface area contributed by atoms with E-state index >= 15 is 0 Å². The van der Waals surface area contributed by atoms with Crippen molar-refractivity contribution in [3.05, 3.63) is 94.1 Å². The number of hydrogen-bond acceptors (Lipinski definition) is 10. The minimum atomic E-state index is -1.07. The van der Waals surface area contributed by atoms with Crippen molar-refractivity contribution < 1.29 is 29.0 Å². The number of rotatable bonds is 9. The van der Waals surface area contributed by atoms with Gasteiger partial charge in [-0.05, 0) is 48.4 Å². The van der Waals surface area contributed by atoms with Crippen molar-refractivity contribution in [1.29, 1.82) is 0 Å². The lowest BCUT2D eigenvalue weighted by Gasteiger charge is -2.24. The fourth-order valence-electron chi connectivity index (χ4n) is 3.98. The number of phenolic OH excluding ortho intramolecular Hbond substituents is 1. The Kier molecular flexibility index (Phi) is 7.41. The predicted octanol–water partition coefficient (Wildman–Crippen LogP) is 5.96. The maximum atomic E-state index is 13.4. The number of halogens is 1. The van der Waals surface area contributed by atoms with Crippen LogP contribution in [0.4, 0.5) is 5.13 Å². The van der Waals surface area contributed by atoms with Crippen LogP contribution in [0.5, 0.6) is 11.5 Å². The summed E-state index contributed by atoms with van der Waals surface area (Å²) in [5.41, 5.74) is 1.15. The summed E-state index contributed by atoms with van der Waals surface area (Å²) in [5, 5.41) is 30.3. The number of carbonyl (C=O) groups is 2. The van der Waals surface area contributed by atoms with Gasteiger partial charge in [-0.3, -0.25) is 14.5 Å². The topological polar surface area (TPSA) is 126 Å². The van der Waals surface area contributed by atoms with Crippen LogP contribution in [0.15, 0.2) is 80.9 Å². The van der Waals surface area contributed by atoms with E-state index in [1.165, 1.54) is 47.2 Å². The first kappa shape index (κ1) is 25.8. The lowest BCUT2D eigenvalue weighted by Crippen LogP contribution is -2.31. The van der Waals surface area contributed by atoms with Crippen LogP contribution in [-0.4, -0.2) is 38.7 Å². The maximum Gasteiger partial charge on any atom is 0.296 e. The molecule has 2 aromatic carbocycles. The fraction of sp³-hybridized carbons (Fsp3) is 0.154. The zero-order valence-electron chi connectivity index (χ0n) is 19.8. The number of hydrogen-bond donors (Lipinski definition) is 2. The molecule has 2 N–H and O–H groups in total. The Labute approximate surface area is 230 Å². The van der Waals surface area contributed by atoms with Crippen molar-refractivity contribution >= 4 is 51.5 Å². The molecule has 1 aliphatic rings. The number of aromatic hydroxyl groups is 1. The third kappa shape index (κ3) is 4.87. The average Bonchev–Trinajstić information content (AvgIpc) is 3.66. The molecule has 12 heteroatoms. The van der Waals surface area contributed by atoms with Crippen LogP contribution in [0.3, 0.4) is 0 Å². The number of aliphatic hydroxyl groups is 1.